The quantitative estimate of drug-likeness (QED) is 0.687. The third-order valence-electron chi connectivity index (χ3n) is 2.13. The number of benzene rings is 1. The van der Waals surface area contributed by atoms with Crippen molar-refractivity contribution in [3.63, 3.8) is 0 Å². The molecule has 0 bridgehead atoms. The summed E-state index contributed by atoms with van der Waals surface area (Å²) < 4.78 is 0. The van der Waals surface area contributed by atoms with E-state index < -0.39 is 0 Å². The van der Waals surface area contributed by atoms with Crippen molar-refractivity contribution in [2.24, 2.45) is 5.73 Å². The van der Waals surface area contributed by atoms with Gasteiger partial charge in [0.1, 0.15) is 5.75 Å². The van der Waals surface area contributed by atoms with Crippen LogP contribution in [0.1, 0.15) is 22.8 Å². The zero-order valence-electron chi connectivity index (χ0n) is 8.95. The van der Waals surface area contributed by atoms with E-state index in [-0.39, 0.29) is 23.3 Å². The van der Waals surface area contributed by atoms with Crippen molar-refractivity contribution in [2.75, 3.05) is 6.54 Å². The van der Waals surface area contributed by atoms with Gasteiger partial charge >= 0.3 is 0 Å². The molecule has 0 fully saturated rings. The lowest BCUT2D eigenvalue weighted by Gasteiger charge is -2.12. The molecule has 4 heteroatoms. The fourth-order valence-corrected chi connectivity index (χ4v) is 1.19. The van der Waals surface area contributed by atoms with E-state index in [4.69, 9.17) is 5.73 Å². The van der Waals surface area contributed by atoms with Gasteiger partial charge in [-0.1, -0.05) is 6.07 Å². The van der Waals surface area contributed by atoms with E-state index in [1.165, 1.54) is 0 Å². The molecule has 0 radical (unpaired) electrons. The minimum absolute atomic E-state index is 0.00304. The fraction of sp³-hybridized carbons (Fsp3) is 0.364. The highest BCUT2D eigenvalue weighted by atomic mass is 16.3. The average Bonchev–Trinajstić information content (AvgIpc) is 2.17. The van der Waals surface area contributed by atoms with Crippen LogP contribution in [0.4, 0.5) is 0 Å². The minimum atomic E-state index is -0.301. The zero-order valence-corrected chi connectivity index (χ0v) is 8.95. The van der Waals surface area contributed by atoms with E-state index in [1.54, 1.807) is 18.2 Å². The highest BCUT2D eigenvalue weighted by molar-refractivity contribution is 5.97. The van der Waals surface area contributed by atoms with Gasteiger partial charge in [-0.3, -0.25) is 4.79 Å². The van der Waals surface area contributed by atoms with Gasteiger partial charge in [-0.2, -0.15) is 0 Å². The van der Waals surface area contributed by atoms with Gasteiger partial charge in [0, 0.05) is 12.6 Å². The number of aromatic hydroxyl groups is 1. The molecule has 1 unspecified atom stereocenters. The molecule has 82 valence electrons. The second-order valence-corrected chi connectivity index (χ2v) is 3.63. The lowest BCUT2D eigenvalue weighted by molar-refractivity contribution is 0.0938. The first-order valence-corrected chi connectivity index (χ1v) is 4.85. The number of carbonyl (C=O) groups excluding carboxylic acids is 1. The van der Waals surface area contributed by atoms with E-state index in [0.29, 0.717) is 6.54 Å². The van der Waals surface area contributed by atoms with Crippen LogP contribution in [0.15, 0.2) is 18.2 Å². The Hall–Kier alpha value is -1.55. The molecule has 4 nitrogen and oxygen atoms in total. The second kappa shape index (κ2) is 4.79. The molecule has 1 aromatic rings. The van der Waals surface area contributed by atoms with Gasteiger partial charge in [-0.05, 0) is 31.5 Å². The first-order valence-electron chi connectivity index (χ1n) is 4.85. The van der Waals surface area contributed by atoms with Crippen molar-refractivity contribution >= 4 is 5.91 Å². The van der Waals surface area contributed by atoms with Crippen molar-refractivity contribution in [1.82, 2.24) is 5.32 Å². The molecule has 1 aromatic carbocycles. The zero-order chi connectivity index (χ0) is 11.4. The monoisotopic (exact) mass is 208 g/mol. The Morgan fingerprint density at radius 3 is 2.80 bits per heavy atom. The summed E-state index contributed by atoms with van der Waals surface area (Å²) in [6.07, 6.45) is 0. The molecule has 0 aromatic heterocycles. The van der Waals surface area contributed by atoms with Gasteiger partial charge in [0.25, 0.3) is 5.91 Å². The summed E-state index contributed by atoms with van der Waals surface area (Å²) in [5.41, 5.74) is 6.57. The normalized spacial score (nSPS) is 12.2. The topological polar surface area (TPSA) is 75.4 Å². The van der Waals surface area contributed by atoms with Crippen LogP contribution in [-0.4, -0.2) is 23.6 Å². The van der Waals surface area contributed by atoms with Crippen LogP contribution < -0.4 is 11.1 Å². The Morgan fingerprint density at radius 1 is 1.60 bits per heavy atom. The van der Waals surface area contributed by atoms with Gasteiger partial charge in [0.05, 0.1) is 5.56 Å². The highest BCUT2D eigenvalue weighted by Crippen LogP contribution is 2.18. The van der Waals surface area contributed by atoms with Crippen LogP contribution in [0.2, 0.25) is 0 Å². The standard InChI is InChI=1S/C11H16N2O2/c1-7-3-4-9(10(14)5-7)11(15)13-8(2)6-12/h3-5,8,14H,6,12H2,1-2H3,(H,13,15). The van der Waals surface area contributed by atoms with Crippen molar-refractivity contribution in [3.8, 4) is 5.75 Å². The number of phenols is 1. The lowest BCUT2D eigenvalue weighted by atomic mass is 10.1. The van der Waals surface area contributed by atoms with Crippen LogP contribution in [0, 0.1) is 6.92 Å². The molecule has 0 saturated carbocycles. The number of amides is 1. The average molecular weight is 208 g/mol. The Kier molecular flexibility index (Phi) is 3.68. The smallest absolute Gasteiger partial charge is 0.255 e. The largest absolute Gasteiger partial charge is 0.507 e. The van der Waals surface area contributed by atoms with Gasteiger partial charge < -0.3 is 16.2 Å². The van der Waals surface area contributed by atoms with Gasteiger partial charge in [-0.25, -0.2) is 0 Å². The van der Waals surface area contributed by atoms with Crippen LogP contribution in [0.25, 0.3) is 0 Å². The van der Waals surface area contributed by atoms with E-state index in [1.807, 2.05) is 13.8 Å². The minimum Gasteiger partial charge on any atom is -0.507 e. The number of carbonyl (C=O) groups is 1. The number of phenolic OH excluding ortho intramolecular Hbond substituents is 1. The summed E-state index contributed by atoms with van der Waals surface area (Å²) in [5, 5.41) is 12.2. The molecule has 0 heterocycles. The van der Waals surface area contributed by atoms with Gasteiger partial charge in [0.15, 0.2) is 0 Å². The molecular formula is C11H16N2O2. The first-order chi connectivity index (χ1) is 7.04. The number of hydrogen-bond acceptors (Lipinski definition) is 3. The summed E-state index contributed by atoms with van der Waals surface area (Å²) in [6.45, 7) is 4.03. The summed E-state index contributed by atoms with van der Waals surface area (Å²) in [6, 6.07) is 4.84. The van der Waals surface area contributed by atoms with E-state index >= 15 is 0 Å². The molecule has 1 amide bonds. The maximum Gasteiger partial charge on any atom is 0.255 e. The first kappa shape index (κ1) is 11.5. The van der Waals surface area contributed by atoms with Gasteiger partial charge in [-0.15, -0.1) is 0 Å². The maximum atomic E-state index is 11.6. The van der Waals surface area contributed by atoms with Crippen LogP contribution in [-0.2, 0) is 0 Å². The predicted octanol–water partition coefficient (Wildman–Crippen LogP) is 0.778. The van der Waals surface area contributed by atoms with E-state index in [0.717, 1.165) is 5.56 Å². The second-order valence-electron chi connectivity index (χ2n) is 3.63. The molecule has 1 atom stereocenters. The van der Waals surface area contributed by atoms with Crippen molar-refractivity contribution in [2.45, 2.75) is 19.9 Å². The molecular weight excluding hydrogens is 192 g/mol. The summed E-state index contributed by atoms with van der Waals surface area (Å²) >= 11 is 0. The van der Waals surface area contributed by atoms with Crippen molar-refractivity contribution in [1.29, 1.82) is 0 Å². The number of rotatable bonds is 3. The van der Waals surface area contributed by atoms with Crippen LogP contribution >= 0.6 is 0 Å². The van der Waals surface area contributed by atoms with Crippen LogP contribution in [0.5, 0.6) is 5.75 Å². The number of nitrogens with two attached hydrogens (primary N) is 1. The molecule has 0 aliphatic carbocycles. The molecule has 0 aliphatic heterocycles. The van der Waals surface area contributed by atoms with Crippen LogP contribution in [0.3, 0.4) is 0 Å². The SMILES string of the molecule is Cc1ccc(C(=O)NC(C)CN)c(O)c1. The summed E-state index contributed by atoms with van der Waals surface area (Å²) in [5.74, 6) is -0.304. The van der Waals surface area contributed by atoms with E-state index in [9.17, 15) is 9.90 Å². The van der Waals surface area contributed by atoms with Crippen molar-refractivity contribution < 1.29 is 9.90 Å². The third kappa shape index (κ3) is 2.95. The lowest BCUT2D eigenvalue weighted by Crippen LogP contribution is -2.37. The van der Waals surface area contributed by atoms with Gasteiger partial charge in [0.2, 0.25) is 0 Å². The Morgan fingerprint density at radius 2 is 2.27 bits per heavy atom. The molecule has 0 saturated heterocycles. The molecule has 1 rings (SSSR count). The van der Waals surface area contributed by atoms with Crippen molar-refractivity contribution in [3.05, 3.63) is 29.3 Å². The number of aryl methyl sites for hydroxylation is 1. The molecule has 0 aliphatic rings. The molecule has 15 heavy (non-hydrogen) atoms. The molecule has 0 spiro atoms. The maximum absolute atomic E-state index is 11.6. The summed E-state index contributed by atoms with van der Waals surface area (Å²) in [4.78, 5) is 11.6. The highest BCUT2D eigenvalue weighted by Gasteiger charge is 2.12. The Bertz CT molecular complexity index is 364. The Labute approximate surface area is 89.1 Å². The number of hydrogen-bond donors (Lipinski definition) is 3. The Balaban J connectivity index is 2.82. The summed E-state index contributed by atoms with van der Waals surface area (Å²) in [7, 11) is 0. The fourth-order valence-electron chi connectivity index (χ4n) is 1.19. The predicted molar refractivity (Wildman–Crippen MR) is 58.8 cm³/mol. The van der Waals surface area contributed by atoms with E-state index in [2.05, 4.69) is 5.32 Å². The number of nitrogens with one attached hydrogen (secondary N) is 1. The third-order valence-corrected chi connectivity index (χ3v) is 2.13. The molecule has 4 N–H and O–H groups in total.